The summed E-state index contributed by atoms with van der Waals surface area (Å²) in [5.74, 6) is -3.59. The first kappa shape index (κ1) is 27.7. The van der Waals surface area contributed by atoms with E-state index in [1.165, 1.54) is 13.0 Å². The molecule has 0 aromatic heterocycles. The highest BCUT2D eigenvalue weighted by Crippen LogP contribution is 2.27. The summed E-state index contributed by atoms with van der Waals surface area (Å²) < 4.78 is 5.06. The predicted molar refractivity (Wildman–Crippen MR) is 115 cm³/mol. The Morgan fingerprint density at radius 1 is 1.09 bits per heavy atom. The first-order chi connectivity index (χ1) is 14.9. The van der Waals surface area contributed by atoms with E-state index in [9.17, 15) is 34.5 Å². The number of rotatable bonds is 12. The van der Waals surface area contributed by atoms with E-state index in [1.807, 2.05) is 20.8 Å². The maximum absolute atomic E-state index is 12.3. The van der Waals surface area contributed by atoms with E-state index < -0.39 is 42.1 Å². The molecule has 1 fully saturated rings. The van der Waals surface area contributed by atoms with Crippen molar-refractivity contribution in [2.24, 2.45) is 17.3 Å². The number of hydrogen-bond acceptors (Lipinski definition) is 8. The second kappa shape index (κ2) is 12.7. The van der Waals surface area contributed by atoms with Crippen molar-refractivity contribution in [3.05, 3.63) is 12.2 Å². The molecule has 0 aromatic rings. The molecule has 1 aliphatic rings. The Balaban J connectivity index is 2.49. The Kier molecular flexibility index (Phi) is 11.0. The van der Waals surface area contributed by atoms with Gasteiger partial charge in [0.05, 0.1) is 12.5 Å². The summed E-state index contributed by atoms with van der Waals surface area (Å²) in [6, 6.07) is -1.05. The van der Waals surface area contributed by atoms with E-state index in [0.29, 0.717) is 0 Å². The van der Waals surface area contributed by atoms with E-state index >= 15 is 0 Å². The zero-order chi connectivity index (χ0) is 24.5. The standard InChI is InChI=1S/C22H36N2O8/c1-13(19(29)23-10-11-32-21(31)14-6-5-7-14)24-20(30)15(12-25)17(27)18(28)16(26)8-9-22(2,3)4/h8-9,12-18,26-28H,5-7,10-11H2,1-4H3,(H,23,29)(H,24,30)/b9-8+/t13-,15+,16+,17-,18-/m0/s1. The molecule has 10 heteroatoms. The van der Waals surface area contributed by atoms with Crippen LogP contribution >= 0.6 is 0 Å². The second-order valence-corrected chi connectivity index (χ2v) is 9.18. The van der Waals surface area contributed by atoms with Crippen LogP contribution in [-0.2, 0) is 23.9 Å². The van der Waals surface area contributed by atoms with E-state index in [1.54, 1.807) is 6.08 Å². The third kappa shape index (κ3) is 9.05. The number of carbonyl (C=O) groups excluding carboxylic acids is 4. The molecule has 10 nitrogen and oxygen atoms in total. The van der Waals surface area contributed by atoms with Crippen molar-refractivity contribution in [2.45, 2.75) is 71.3 Å². The summed E-state index contributed by atoms with van der Waals surface area (Å²) in [5.41, 5.74) is -0.286. The fraction of sp³-hybridized carbons (Fsp3) is 0.727. The molecular weight excluding hydrogens is 420 g/mol. The molecule has 182 valence electrons. The SMILES string of the molecule is C[C@H](NC(=O)[C@H](C=O)[C@H](O)[C@@H](O)[C@H](O)/C=C/C(C)(C)C)C(=O)NCCOC(=O)C1CCC1. The molecule has 0 saturated heterocycles. The lowest BCUT2D eigenvalue weighted by atomic mass is 9.86. The molecule has 1 aliphatic carbocycles. The lowest BCUT2D eigenvalue weighted by molar-refractivity contribution is -0.151. The number of hydrogen-bond donors (Lipinski definition) is 5. The third-order valence-corrected chi connectivity index (χ3v) is 5.15. The number of aldehydes is 1. The van der Waals surface area contributed by atoms with Crippen LogP contribution in [0.2, 0.25) is 0 Å². The lowest BCUT2D eigenvalue weighted by Gasteiger charge is -2.26. The van der Waals surface area contributed by atoms with Crippen molar-refractivity contribution in [3.8, 4) is 0 Å². The van der Waals surface area contributed by atoms with Gasteiger partial charge in [-0.15, -0.1) is 0 Å². The van der Waals surface area contributed by atoms with Gasteiger partial charge < -0.3 is 35.5 Å². The van der Waals surface area contributed by atoms with Gasteiger partial charge in [-0.2, -0.15) is 0 Å². The minimum atomic E-state index is -1.88. The molecule has 5 N–H and O–H groups in total. The molecule has 0 bridgehead atoms. The Labute approximate surface area is 188 Å². The molecule has 0 unspecified atom stereocenters. The topological polar surface area (TPSA) is 162 Å². The quantitative estimate of drug-likeness (QED) is 0.0859. The number of aliphatic hydroxyl groups is 3. The molecule has 32 heavy (non-hydrogen) atoms. The van der Waals surface area contributed by atoms with Crippen molar-refractivity contribution in [2.75, 3.05) is 13.2 Å². The van der Waals surface area contributed by atoms with Crippen LogP contribution in [0.3, 0.4) is 0 Å². The fourth-order valence-corrected chi connectivity index (χ4v) is 2.83. The number of nitrogens with one attached hydrogen (secondary N) is 2. The number of aliphatic hydroxyl groups excluding tert-OH is 3. The molecule has 0 radical (unpaired) electrons. The highest BCUT2D eigenvalue weighted by atomic mass is 16.5. The molecule has 1 rings (SSSR count). The largest absolute Gasteiger partial charge is 0.464 e. The second-order valence-electron chi connectivity index (χ2n) is 9.18. The van der Waals surface area contributed by atoms with Gasteiger partial charge in [0.1, 0.15) is 43.2 Å². The summed E-state index contributed by atoms with van der Waals surface area (Å²) in [6.45, 7) is 7.04. The highest BCUT2D eigenvalue weighted by molar-refractivity contribution is 5.95. The van der Waals surface area contributed by atoms with Crippen LogP contribution in [0.25, 0.3) is 0 Å². The lowest BCUT2D eigenvalue weighted by Crippen LogP contribution is -2.52. The number of amides is 2. The van der Waals surface area contributed by atoms with Crippen molar-refractivity contribution in [1.29, 1.82) is 0 Å². The van der Waals surface area contributed by atoms with Crippen LogP contribution in [0.15, 0.2) is 12.2 Å². The Morgan fingerprint density at radius 2 is 1.72 bits per heavy atom. The highest BCUT2D eigenvalue weighted by Gasteiger charge is 2.36. The maximum atomic E-state index is 12.3. The smallest absolute Gasteiger partial charge is 0.308 e. The minimum Gasteiger partial charge on any atom is -0.464 e. The average Bonchev–Trinajstić information content (AvgIpc) is 2.66. The first-order valence-corrected chi connectivity index (χ1v) is 10.8. The average molecular weight is 457 g/mol. The summed E-state index contributed by atoms with van der Waals surface area (Å²) in [4.78, 5) is 47.4. The summed E-state index contributed by atoms with van der Waals surface area (Å²) in [6.07, 6.45) is 0.524. The van der Waals surface area contributed by atoms with Crippen LogP contribution in [0.4, 0.5) is 0 Å². The van der Waals surface area contributed by atoms with Crippen molar-refractivity contribution in [3.63, 3.8) is 0 Å². The van der Waals surface area contributed by atoms with Crippen molar-refractivity contribution >= 4 is 24.1 Å². The van der Waals surface area contributed by atoms with Gasteiger partial charge in [0.25, 0.3) is 0 Å². The summed E-state index contributed by atoms with van der Waals surface area (Å²) in [7, 11) is 0. The van der Waals surface area contributed by atoms with Gasteiger partial charge in [-0.05, 0) is 25.2 Å². The van der Waals surface area contributed by atoms with E-state index in [4.69, 9.17) is 4.74 Å². The molecule has 2 amide bonds. The number of carbonyl (C=O) groups is 4. The normalized spacial score (nSPS) is 19.2. The van der Waals surface area contributed by atoms with Gasteiger partial charge in [0.2, 0.25) is 11.8 Å². The fourth-order valence-electron chi connectivity index (χ4n) is 2.83. The number of esters is 1. The Morgan fingerprint density at radius 3 is 2.22 bits per heavy atom. The molecule has 0 heterocycles. The summed E-state index contributed by atoms with van der Waals surface area (Å²) >= 11 is 0. The van der Waals surface area contributed by atoms with Crippen LogP contribution in [-0.4, -0.2) is 76.9 Å². The Hall–Kier alpha value is -2.30. The minimum absolute atomic E-state index is 0.00355. The molecule has 5 atom stereocenters. The molecule has 0 aromatic carbocycles. The van der Waals surface area contributed by atoms with Crippen LogP contribution in [0, 0.1) is 17.3 Å². The van der Waals surface area contributed by atoms with Gasteiger partial charge >= 0.3 is 5.97 Å². The molecular formula is C22H36N2O8. The van der Waals surface area contributed by atoms with Gasteiger partial charge in [-0.25, -0.2) is 0 Å². The van der Waals surface area contributed by atoms with Gasteiger partial charge in [0, 0.05) is 0 Å². The molecule has 0 spiro atoms. The first-order valence-electron chi connectivity index (χ1n) is 10.8. The maximum Gasteiger partial charge on any atom is 0.308 e. The zero-order valence-electron chi connectivity index (χ0n) is 19.1. The van der Waals surface area contributed by atoms with E-state index in [0.717, 1.165) is 19.3 Å². The number of allylic oxidation sites excluding steroid dienone is 1. The molecule has 0 aliphatic heterocycles. The van der Waals surface area contributed by atoms with Crippen molar-refractivity contribution < 1.29 is 39.2 Å². The zero-order valence-corrected chi connectivity index (χ0v) is 19.1. The van der Waals surface area contributed by atoms with E-state index in [2.05, 4.69) is 10.6 Å². The monoisotopic (exact) mass is 456 g/mol. The predicted octanol–water partition coefficient (Wildman–Crippen LogP) is -0.549. The van der Waals surface area contributed by atoms with Crippen LogP contribution in [0.1, 0.15) is 47.0 Å². The third-order valence-electron chi connectivity index (χ3n) is 5.15. The van der Waals surface area contributed by atoms with Gasteiger partial charge in [-0.1, -0.05) is 39.3 Å². The van der Waals surface area contributed by atoms with Crippen LogP contribution in [0.5, 0.6) is 0 Å². The van der Waals surface area contributed by atoms with Gasteiger partial charge in [0.15, 0.2) is 0 Å². The molecule has 1 saturated carbocycles. The Bertz CT molecular complexity index is 684. The number of ether oxygens (including phenoxy) is 1. The van der Waals surface area contributed by atoms with E-state index in [-0.39, 0.29) is 36.7 Å². The van der Waals surface area contributed by atoms with Crippen molar-refractivity contribution in [1.82, 2.24) is 10.6 Å². The van der Waals surface area contributed by atoms with Crippen LogP contribution < -0.4 is 10.6 Å². The van der Waals surface area contributed by atoms with Gasteiger partial charge in [-0.3, -0.25) is 14.4 Å². The summed E-state index contributed by atoms with van der Waals surface area (Å²) in [5, 5.41) is 35.1.